The van der Waals surface area contributed by atoms with Crippen molar-refractivity contribution >= 4 is 5.69 Å². The van der Waals surface area contributed by atoms with Crippen LogP contribution in [0.4, 0.5) is 5.69 Å². The molecular weight excluding hydrogens is 444 g/mol. The highest BCUT2D eigenvalue weighted by molar-refractivity contribution is 5.50. The molecule has 1 aromatic heterocycles. The molecular formula is C26H36N6O3. The van der Waals surface area contributed by atoms with E-state index in [-0.39, 0.29) is 6.04 Å². The van der Waals surface area contributed by atoms with Gasteiger partial charge in [-0.2, -0.15) is 0 Å². The number of piperazine rings is 1. The average molecular weight is 481 g/mol. The molecule has 1 saturated heterocycles. The molecule has 3 aromatic rings. The Morgan fingerprint density at radius 1 is 0.857 bits per heavy atom. The largest absolute Gasteiger partial charge is 0.497 e. The van der Waals surface area contributed by atoms with Crippen molar-refractivity contribution in [1.29, 1.82) is 0 Å². The Hall–Kier alpha value is -3.33. The Labute approximate surface area is 207 Å². The van der Waals surface area contributed by atoms with Crippen LogP contribution >= 0.6 is 0 Å². The summed E-state index contributed by atoms with van der Waals surface area (Å²) in [5, 5.41) is 12.9. The molecule has 35 heavy (non-hydrogen) atoms. The molecule has 0 aliphatic carbocycles. The fourth-order valence-electron chi connectivity index (χ4n) is 4.53. The van der Waals surface area contributed by atoms with Gasteiger partial charge in [0.05, 0.1) is 21.3 Å². The number of anilines is 1. The zero-order valence-corrected chi connectivity index (χ0v) is 21.3. The van der Waals surface area contributed by atoms with E-state index in [1.54, 1.807) is 21.3 Å². The molecule has 0 amide bonds. The third-order valence-electron chi connectivity index (χ3n) is 6.57. The SMILES string of the molecule is COc1ccc(N2CCN([C@@H](c3cc(OC)ccc3OC)c3nnnn3CCC(C)C)CC2)cc1. The van der Waals surface area contributed by atoms with Crippen LogP contribution in [0.3, 0.4) is 0 Å². The molecule has 9 heteroatoms. The predicted octanol–water partition coefficient (Wildman–Crippen LogP) is 3.66. The standard InChI is InChI=1S/C26H36N6O3/c1-19(2)12-13-32-26(27-28-29-32)25(23-18-22(34-4)10-11-24(23)35-5)31-16-14-30(15-17-31)20-6-8-21(33-3)9-7-20/h6-11,18-19,25H,12-17H2,1-5H3/t25-/m0/s1. The van der Waals surface area contributed by atoms with Gasteiger partial charge in [-0.3, -0.25) is 4.90 Å². The maximum atomic E-state index is 5.78. The van der Waals surface area contributed by atoms with Crippen molar-refractivity contribution < 1.29 is 14.2 Å². The molecule has 1 fully saturated rings. The van der Waals surface area contributed by atoms with Gasteiger partial charge in [-0.1, -0.05) is 13.8 Å². The second-order valence-electron chi connectivity index (χ2n) is 9.17. The zero-order chi connectivity index (χ0) is 24.8. The number of ether oxygens (including phenoxy) is 3. The summed E-state index contributed by atoms with van der Waals surface area (Å²) < 4.78 is 18.6. The lowest BCUT2D eigenvalue weighted by Gasteiger charge is -2.40. The quantitative estimate of drug-likeness (QED) is 0.435. The Bertz CT molecular complexity index is 1080. The van der Waals surface area contributed by atoms with Gasteiger partial charge in [0.15, 0.2) is 5.82 Å². The zero-order valence-electron chi connectivity index (χ0n) is 21.3. The molecule has 0 unspecified atom stereocenters. The first-order valence-corrected chi connectivity index (χ1v) is 12.1. The monoisotopic (exact) mass is 480 g/mol. The number of nitrogens with zero attached hydrogens (tertiary/aromatic N) is 6. The highest BCUT2D eigenvalue weighted by Gasteiger charge is 2.33. The van der Waals surface area contributed by atoms with E-state index in [9.17, 15) is 0 Å². The first-order valence-electron chi connectivity index (χ1n) is 12.1. The topological polar surface area (TPSA) is 77.8 Å². The molecule has 0 spiro atoms. The second kappa shape index (κ2) is 11.4. The van der Waals surface area contributed by atoms with Crippen LogP contribution in [0.5, 0.6) is 17.2 Å². The van der Waals surface area contributed by atoms with Crippen LogP contribution in [0.1, 0.15) is 37.7 Å². The highest BCUT2D eigenvalue weighted by Crippen LogP contribution is 2.37. The van der Waals surface area contributed by atoms with Crippen LogP contribution in [-0.4, -0.2) is 72.6 Å². The van der Waals surface area contributed by atoms with Crippen molar-refractivity contribution in [2.75, 3.05) is 52.4 Å². The van der Waals surface area contributed by atoms with Crippen LogP contribution < -0.4 is 19.1 Å². The number of methoxy groups -OCH3 is 3. The number of aromatic nitrogens is 4. The second-order valence-corrected chi connectivity index (χ2v) is 9.17. The molecule has 188 valence electrons. The summed E-state index contributed by atoms with van der Waals surface area (Å²) in [7, 11) is 5.07. The molecule has 1 aliphatic heterocycles. The lowest BCUT2D eigenvalue weighted by atomic mass is 10.0. The average Bonchev–Trinajstić information content (AvgIpc) is 3.36. The molecule has 0 radical (unpaired) electrons. The van der Waals surface area contributed by atoms with Crippen LogP contribution in [0, 0.1) is 5.92 Å². The van der Waals surface area contributed by atoms with E-state index in [1.165, 1.54) is 5.69 Å². The molecule has 2 aromatic carbocycles. The van der Waals surface area contributed by atoms with Gasteiger partial charge in [0.1, 0.15) is 23.3 Å². The van der Waals surface area contributed by atoms with Crippen LogP contribution in [0.25, 0.3) is 0 Å². The van der Waals surface area contributed by atoms with Gasteiger partial charge in [0.2, 0.25) is 0 Å². The third-order valence-corrected chi connectivity index (χ3v) is 6.57. The molecule has 0 bridgehead atoms. The van der Waals surface area contributed by atoms with Crippen molar-refractivity contribution in [1.82, 2.24) is 25.1 Å². The maximum absolute atomic E-state index is 5.78. The fraction of sp³-hybridized carbons (Fsp3) is 0.500. The van der Waals surface area contributed by atoms with Gasteiger partial charge in [-0.25, -0.2) is 4.68 Å². The summed E-state index contributed by atoms with van der Waals surface area (Å²) >= 11 is 0. The van der Waals surface area contributed by atoms with Crippen molar-refractivity contribution in [3.63, 3.8) is 0 Å². The van der Waals surface area contributed by atoms with Crippen molar-refractivity contribution in [2.24, 2.45) is 5.92 Å². The van der Waals surface area contributed by atoms with Crippen LogP contribution in [0.15, 0.2) is 42.5 Å². The summed E-state index contributed by atoms with van der Waals surface area (Å²) in [4.78, 5) is 4.84. The normalized spacial score (nSPS) is 15.3. The smallest absolute Gasteiger partial charge is 0.173 e. The van der Waals surface area contributed by atoms with Crippen LogP contribution in [0.2, 0.25) is 0 Å². The molecule has 4 rings (SSSR count). The first kappa shape index (κ1) is 24.8. The summed E-state index contributed by atoms with van der Waals surface area (Å²) in [6.07, 6.45) is 1.01. The van der Waals surface area contributed by atoms with E-state index in [0.29, 0.717) is 5.92 Å². The fourth-order valence-corrected chi connectivity index (χ4v) is 4.53. The van der Waals surface area contributed by atoms with E-state index in [4.69, 9.17) is 14.2 Å². The minimum Gasteiger partial charge on any atom is -0.497 e. The third kappa shape index (κ3) is 5.67. The van der Waals surface area contributed by atoms with Gasteiger partial charge in [-0.15, -0.1) is 5.10 Å². The molecule has 9 nitrogen and oxygen atoms in total. The summed E-state index contributed by atoms with van der Waals surface area (Å²) in [5.74, 6) is 3.83. The van der Waals surface area contributed by atoms with Gasteiger partial charge in [-0.05, 0) is 65.2 Å². The highest BCUT2D eigenvalue weighted by atomic mass is 16.5. The Balaban J connectivity index is 1.64. The minimum atomic E-state index is -0.153. The van der Waals surface area contributed by atoms with E-state index in [2.05, 4.69) is 51.3 Å². The summed E-state index contributed by atoms with van der Waals surface area (Å²) in [5.41, 5.74) is 2.20. The number of rotatable bonds is 10. The van der Waals surface area contributed by atoms with Gasteiger partial charge in [0, 0.05) is 44.0 Å². The van der Waals surface area contributed by atoms with Crippen molar-refractivity contribution in [3.8, 4) is 17.2 Å². The number of hydrogen-bond donors (Lipinski definition) is 0. The lowest BCUT2D eigenvalue weighted by Crippen LogP contribution is -2.48. The van der Waals surface area contributed by atoms with Gasteiger partial charge >= 0.3 is 0 Å². The summed E-state index contributed by atoms with van der Waals surface area (Å²) in [6.45, 7) is 8.69. The minimum absolute atomic E-state index is 0.153. The van der Waals surface area contributed by atoms with Gasteiger partial charge < -0.3 is 19.1 Å². The lowest BCUT2D eigenvalue weighted by molar-refractivity contribution is 0.196. The number of aryl methyl sites for hydroxylation is 1. The molecule has 0 N–H and O–H groups in total. The summed E-state index contributed by atoms with van der Waals surface area (Å²) in [6, 6.07) is 14.0. The molecule has 2 heterocycles. The number of hydrogen-bond acceptors (Lipinski definition) is 8. The van der Waals surface area contributed by atoms with E-state index >= 15 is 0 Å². The first-order chi connectivity index (χ1) is 17.0. The van der Waals surface area contributed by atoms with E-state index in [1.807, 2.05) is 35.0 Å². The van der Waals surface area contributed by atoms with Crippen LogP contribution in [-0.2, 0) is 6.54 Å². The van der Waals surface area contributed by atoms with Gasteiger partial charge in [0.25, 0.3) is 0 Å². The van der Waals surface area contributed by atoms with Crippen molar-refractivity contribution in [2.45, 2.75) is 32.9 Å². The Morgan fingerprint density at radius 2 is 1.54 bits per heavy atom. The molecule has 0 saturated carbocycles. The van der Waals surface area contributed by atoms with E-state index in [0.717, 1.165) is 67.8 Å². The predicted molar refractivity (Wildman–Crippen MR) is 135 cm³/mol. The number of tetrazole rings is 1. The molecule has 1 aliphatic rings. The Morgan fingerprint density at radius 3 is 2.17 bits per heavy atom. The maximum Gasteiger partial charge on any atom is 0.173 e. The molecule has 1 atom stereocenters. The van der Waals surface area contributed by atoms with Crippen molar-refractivity contribution in [3.05, 3.63) is 53.9 Å². The number of benzene rings is 2. The van der Waals surface area contributed by atoms with E-state index < -0.39 is 0 Å². The Kier molecular flexibility index (Phi) is 8.07.